The third-order valence-electron chi connectivity index (χ3n) is 3.06. The van der Waals surface area contributed by atoms with Crippen LogP contribution >= 0.6 is 0 Å². The third kappa shape index (κ3) is 4.00. The zero-order chi connectivity index (χ0) is 12.8. The van der Waals surface area contributed by atoms with Gasteiger partial charge < -0.3 is 4.90 Å². The van der Waals surface area contributed by atoms with E-state index in [-0.39, 0.29) is 0 Å². The fourth-order valence-electron chi connectivity index (χ4n) is 2.14. The van der Waals surface area contributed by atoms with Gasteiger partial charge in [0.05, 0.1) is 6.20 Å². The van der Waals surface area contributed by atoms with E-state index in [1.807, 2.05) is 17.9 Å². The van der Waals surface area contributed by atoms with Crippen LogP contribution in [0.3, 0.4) is 0 Å². The summed E-state index contributed by atoms with van der Waals surface area (Å²) >= 11 is 0. The molecule has 1 aromatic heterocycles. The van der Waals surface area contributed by atoms with Gasteiger partial charge in [-0.2, -0.15) is 5.10 Å². The largest absolute Gasteiger partial charge is 0.302 e. The first kappa shape index (κ1) is 12.8. The maximum atomic E-state index is 4.19. The maximum absolute atomic E-state index is 4.19. The fraction of sp³-hybridized carbons (Fsp3) is 0.400. The fourth-order valence-corrected chi connectivity index (χ4v) is 2.14. The molecule has 0 aliphatic rings. The molecule has 1 heterocycles. The summed E-state index contributed by atoms with van der Waals surface area (Å²) in [5.74, 6) is 0. The van der Waals surface area contributed by atoms with Crippen LogP contribution in [0.2, 0.25) is 0 Å². The van der Waals surface area contributed by atoms with Gasteiger partial charge >= 0.3 is 0 Å². The molecule has 0 aliphatic carbocycles. The van der Waals surface area contributed by atoms with Crippen LogP contribution in [-0.4, -0.2) is 28.3 Å². The Bertz CT molecular complexity index is 462. The molecule has 96 valence electrons. The summed E-state index contributed by atoms with van der Waals surface area (Å²) in [6.45, 7) is 2.09. The molecule has 0 radical (unpaired) electrons. The summed E-state index contributed by atoms with van der Waals surface area (Å²) in [4.78, 5) is 2.35. The van der Waals surface area contributed by atoms with Gasteiger partial charge in [0.1, 0.15) is 0 Å². The molecular weight excluding hydrogens is 222 g/mol. The Morgan fingerprint density at radius 1 is 1.17 bits per heavy atom. The number of benzene rings is 1. The Morgan fingerprint density at radius 3 is 2.61 bits per heavy atom. The zero-order valence-corrected chi connectivity index (χ0v) is 11.2. The van der Waals surface area contributed by atoms with E-state index in [0.29, 0.717) is 0 Å². The highest BCUT2D eigenvalue weighted by Crippen LogP contribution is 2.05. The lowest BCUT2D eigenvalue weighted by Crippen LogP contribution is -2.19. The van der Waals surface area contributed by atoms with Gasteiger partial charge in [0, 0.05) is 25.4 Å². The highest BCUT2D eigenvalue weighted by Gasteiger charge is 2.02. The van der Waals surface area contributed by atoms with Crippen molar-refractivity contribution in [3.8, 4) is 0 Å². The lowest BCUT2D eigenvalue weighted by molar-refractivity contribution is 0.322. The Labute approximate surface area is 109 Å². The van der Waals surface area contributed by atoms with Crippen molar-refractivity contribution in [3.63, 3.8) is 0 Å². The van der Waals surface area contributed by atoms with E-state index < -0.39 is 0 Å². The second kappa shape index (κ2) is 6.36. The molecule has 18 heavy (non-hydrogen) atoms. The second-order valence-electron chi connectivity index (χ2n) is 4.85. The Hall–Kier alpha value is -1.61. The van der Waals surface area contributed by atoms with E-state index in [4.69, 9.17) is 0 Å². The van der Waals surface area contributed by atoms with Crippen LogP contribution in [0, 0.1) is 0 Å². The second-order valence-corrected chi connectivity index (χ2v) is 4.85. The molecule has 0 N–H and O–H groups in total. The van der Waals surface area contributed by atoms with Gasteiger partial charge in [-0.15, -0.1) is 0 Å². The minimum atomic E-state index is 0.975. The predicted octanol–water partition coefficient (Wildman–Crippen LogP) is 2.48. The normalized spacial score (nSPS) is 11.1. The first-order valence-electron chi connectivity index (χ1n) is 6.44. The standard InChI is InChI=1S/C15H21N3/c1-17(12-15-11-16-18(2)13-15)10-6-9-14-7-4-3-5-8-14/h3-5,7-8,11,13H,6,9-10,12H2,1-2H3. The molecule has 2 rings (SSSR count). The SMILES string of the molecule is CN(CCCc1ccccc1)Cc1cnn(C)c1. The highest BCUT2D eigenvalue weighted by molar-refractivity contribution is 5.14. The zero-order valence-electron chi connectivity index (χ0n) is 11.2. The van der Waals surface area contributed by atoms with Crippen LogP contribution in [0.1, 0.15) is 17.5 Å². The van der Waals surface area contributed by atoms with Crippen LogP contribution in [0.15, 0.2) is 42.7 Å². The minimum absolute atomic E-state index is 0.975. The van der Waals surface area contributed by atoms with Crippen molar-refractivity contribution in [2.45, 2.75) is 19.4 Å². The number of nitrogens with zero attached hydrogens (tertiary/aromatic N) is 3. The van der Waals surface area contributed by atoms with E-state index in [1.54, 1.807) is 0 Å². The number of rotatable bonds is 6. The van der Waals surface area contributed by atoms with Gasteiger partial charge in [-0.25, -0.2) is 0 Å². The molecule has 0 atom stereocenters. The van der Waals surface area contributed by atoms with E-state index in [1.165, 1.54) is 17.5 Å². The molecule has 0 spiro atoms. The summed E-state index contributed by atoms with van der Waals surface area (Å²) in [7, 11) is 4.12. The van der Waals surface area contributed by atoms with E-state index in [2.05, 4.69) is 53.6 Å². The lowest BCUT2D eigenvalue weighted by atomic mass is 10.1. The van der Waals surface area contributed by atoms with E-state index in [0.717, 1.165) is 19.5 Å². The quantitative estimate of drug-likeness (QED) is 0.777. The molecule has 0 aliphatic heterocycles. The molecule has 3 nitrogen and oxygen atoms in total. The monoisotopic (exact) mass is 243 g/mol. The van der Waals surface area contributed by atoms with Gasteiger partial charge in [-0.1, -0.05) is 30.3 Å². The average Bonchev–Trinajstić information content (AvgIpc) is 2.76. The Morgan fingerprint density at radius 2 is 1.94 bits per heavy atom. The van der Waals surface area contributed by atoms with Crippen molar-refractivity contribution in [2.24, 2.45) is 7.05 Å². The first-order valence-corrected chi connectivity index (χ1v) is 6.44. The number of aryl methyl sites for hydroxylation is 2. The smallest absolute Gasteiger partial charge is 0.0534 e. The van der Waals surface area contributed by atoms with Crippen molar-refractivity contribution in [3.05, 3.63) is 53.9 Å². The van der Waals surface area contributed by atoms with Crippen molar-refractivity contribution in [2.75, 3.05) is 13.6 Å². The molecule has 0 saturated carbocycles. The Kier molecular flexibility index (Phi) is 4.53. The molecule has 1 aromatic carbocycles. The molecule has 2 aromatic rings. The van der Waals surface area contributed by atoms with E-state index in [9.17, 15) is 0 Å². The minimum Gasteiger partial charge on any atom is -0.302 e. The number of hydrogen-bond donors (Lipinski definition) is 0. The molecular formula is C15H21N3. The van der Waals surface area contributed by atoms with Gasteiger partial charge in [0.25, 0.3) is 0 Å². The van der Waals surface area contributed by atoms with Crippen molar-refractivity contribution in [1.29, 1.82) is 0 Å². The van der Waals surface area contributed by atoms with Crippen LogP contribution in [-0.2, 0) is 20.0 Å². The topological polar surface area (TPSA) is 21.1 Å². The van der Waals surface area contributed by atoms with Gasteiger partial charge in [-0.3, -0.25) is 4.68 Å². The lowest BCUT2D eigenvalue weighted by Gasteiger charge is -2.15. The van der Waals surface area contributed by atoms with Crippen LogP contribution in [0.5, 0.6) is 0 Å². The molecule has 0 bridgehead atoms. The van der Waals surface area contributed by atoms with Gasteiger partial charge in [0.15, 0.2) is 0 Å². The molecule has 0 amide bonds. The third-order valence-corrected chi connectivity index (χ3v) is 3.06. The summed E-state index contributed by atoms with van der Waals surface area (Å²) in [6, 6.07) is 10.7. The number of aromatic nitrogens is 2. The summed E-state index contributed by atoms with van der Waals surface area (Å²) in [5, 5.41) is 4.19. The molecule has 0 saturated heterocycles. The highest BCUT2D eigenvalue weighted by atomic mass is 15.2. The van der Waals surface area contributed by atoms with Crippen LogP contribution < -0.4 is 0 Å². The summed E-state index contributed by atoms with van der Waals surface area (Å²) in [5.41, 5.74) is 2.70. The van der Waals surface area contributed by atoms with Gasteiger partial charge in [0.2, 0.25) is 0 Å². The molecule has 0 unspecified atom stereocenters. The summed E-state index contributed by atoms with van der Waals surface area (Å²) < 4.78 is 1.85. The maximum Gasteiger partial charge on any atom is 0.0534 e. The Balaban J connectivity index is 1.70. The summed E-state index contributed by atoms with van der Waals surface area (Å²) in [6.07, 6.45) is 6.36. The van der Waals surface area contributed by atoms with Crippen LogP contribution in [0.25, 0.3) is 0 Å². The van der Waals surface area contributed by atoms with Gasteiger partial charge in [-0.05, 0) is 32.0 Å². The predicted molar refractivity (Wildman–Crippen MR) is 74.3 cm³/mol. The molecule has 3 heteroatoms. The van der Waals surface area contributed by atoms with Crippen molar-refractivity contribution < 1.29 is 0 Å². The first-order chi connectivity index (χ1) is 8.74. The van der Waals surface area contributed by atoms with Crippen molar-refractivity contribution >= 4 is 0 Å². The van der Waals surface area contributed by atoms with Crippen LogP contribution in [0.4, 0.5) is 0 Å². The number of hydrogen-bond acceptors (Lipinski definition) is 2. The van der Waals surface area contributed by atoms with Crippen molar-refractivity contribution in [1.82, 2.24) is 14.7 Å². The average molecular weight is 243 g/mol. The molecule has 0 fully saturated rings. The van der Waals surface area contributed by atoms with E-state index >= 15 is 0 Å².